The number of benzene rings is 1. The van der Waals surface area contributed by atoms with Crippen molar-refractivity contribution in [1.82, 2.24) is 4.90 Å². The number of hydrogen-bond donors (Lipinski definition) is 1. The van der Waals surface area contributed by atoms with Gasteiger partial charge in [0.05, 0.1) is 6.04 Å². The smallest absolute Gasteiger partial charge is 0.314 e. The molecule has 19 heavy (non-hydrogen) atoms. The highest BCUT2D eigenvalue weighted by atomic mass is 16.2. The summed E-state index contributed by atoms with van der Waals surface area (Å²) < 4.78 is 0. The van der Waals surface area contributed by atoms with E-state index in [-0.39, 0.29) is 12.1 Å². The number of para-hydroxylation sites is 1. The average molecular weight is 256 g/mol. The van der Waals surface area contributed by atoms with E-state index < -0.39 is 0 Å². The van der Waals surface area contributed by atoms with Crippen LogP contribution in [0.5, 0.6) is 0 Å². The molecule has 3 nitrogen and oxygen atoms in total. The van der Waals surface area contributed by atoms with Crippen molar-refractivity contribution in [3.05, 3.63) is 42.0 Å². The molecule has 1 aliphatic carbocycles. The van der Waals surface area contributed by atoms with Crippen LogP contribution in [0.2, 0.25) is 0 Å². The summed E-state index contributed by atoms with van der Waals surface area (Å²) in [5.74, 6) is 0.648. The number of carbonyl (C=O) groups is 1. The highest BCUT2D eigenvalue weighted by Gasteiger charge is 2.28. The first-order valence-electron chi connectivity index (χ1n) is 7.12. The molecule has 1 heterocycles. The van der Waals surface area contributed by atoms with Gasteiger partial charge < -0.3 is 10.2 Å². The van der Waals surface area contributed by atoms with Crippen molar-refractivity contribution in [1.29, 1.82) is 0 Å². The van der Waals surface area contributed by atoms with Crippen LogP contribution < -0.4 is 5.32 Å². The highest BCUT2D eigenvalue weighted by Crippen LogP contribution is 2.43. The van der Waals surface area contributed by atoms with E-state index >= 15 is 0 Å². The van der Waals surface area contributed by atoms with Gasteiger partial charge in [-0.05, 0) is 36.8 Å². The van der Waals surface area contributed by atoms with E-state index in [2.05, 4.69) is 36.5 Å². The van der Waals surface area contributed by atoms with Gasteiger partial charge in [0.25, 0.3) is 0 Å². The Hall–Kier alpha value is -1.77. The van der Waals surface area contributed by atoms with Crippen LogP contribution in [-0.4, -0.2) is 23.5 Å². The Morgan fingerprint density at radius 2 is 2.16 bits per heavy atom. The first kappa shape index (κ1) is 12.3. The van der Waals surface area contributed by atoms with Crippen molar-refractivity contribution < 1.29 is 4.79 Å². The summed E-state index contributed by atoms with van der Waals surface area (Å²) in [4.78, 5) is 14.2. The van der Waals surface area contributed by atoms with E-state index in [1.165, 1.54) is 18.4 Å². The normalized spacial score (nSPS) is 21.7. The third-order valence-electron chi connectivity index (χ3n) is 3.96. The van der Waals surface area contributed by atoms with Crippen molar-refractivity contribution in [2.45, 2.75) is 38.1 Å². The van der Waals surface area contributed by atoms with Gasteiger partial charge in [0, 0.05) is 12.2 Å². The van der Waals surface area contributed by atoms with Gasteiger partial charge in [-0.2, -0.15) is 0 Å². The van der Waals surface area contributed by atoms with Crippen molar-refractivity contribution in [3.8, 4) is 0 Å². The molecule has 3 heteroatoms. The Labute approximate surface area is 114 Å². The summed E-state index contributed by atoms with van der Waals surface area (Å²) in [6.45, 7) is 2.83. The molecule has 0 radical (unpaired) electrons. The van der Waals surface area contributed by atoms with E-state index in [0.29, 0.717) is 5.92 Å². The van der Waals surface area contributed by atoms with Crippen molar-refractivity contribution >= 4 is 11.7 Å². The number of anilines is 1. The molecule has 1 aromatic carbocycles. The SMILES string of the molecule is CC[C@H]1C=CCN1C(=O)Nc1ccccc1C1CC1. The van der Waals surface area contributed by atoms with Crippen LogP contribution in [0.15, 0.2) is 36.4 Å². The zero-order valence-electron chi connectivity index (χ0n) is 11.3. The minimum absolute atomic E-state index is 0.0185. The molecule has 1 aliphatic heterocycles. The van der Waals surface area contributed by atoms with E-state index in [4.69, 9.17) is 0 Å². The summed E-state index contributed by atoms with van der Waals surface area (Å²) in [7, 11) is 0. The summed E-state index contributed by atoms with van der Waals surface area (Å²) >= 11 is 0. The third kappa shape index (κ3) is 2.50. The predicted octanol–water partition coefficient (Wildman–Crippen LogP) is 3.75. The highest BCUT2D eigenvalue weighted by molar-refractivity contribution is 5.91. The number of nitrogens with zero attached hydrogens (tertiary/aromatic N) is 1. The molecule has 1 fully saturated rings. The fraction of sp³-hybridized carbons (Fsp3) is 0.438. The molecule has 3 rings (SSSR count). The van der Waals surface area contributed by atoms with E-state index in [0.717, 1.165) is 18.7 Å². The Bertz CT molecular complexity index is 505. The lowest BCUT2D eigenvalue weighted by Crippen LogP contribution is -2.39. The van der Waals surface area contributed by atoms with Crippen LogP contribution in [0.25, 0.3) is 0 Å². The van der Waals surface area contributed by atoms with Gasteiger partial charge in [-0.1, -0.05) is 37.3 Å². The Morgan fingerprint density at radius 1 is 1.37 bits per heavy atom. The van der Waals surface area contributed by atoms with E-state index in [1.54, 1.807) is 0 Å². The molecule has 0 saturated heterocycles. The summed E-state index contributed by atoms with van der Waals surface area (Å²) in [5.41, 5.74) is 2.27. The minimum Gasteiger partial charge on any atom is -0.314 e. The maximum absolute atomic E-state index is 12.4. The van der Waals surface area contributed by atoms with Gasteiger partial charge >= 0.3 is 6.03 Å². The maximum atomic E-state index is 12.4. The topological polar surface area (TPSA) is 32.3 Å². The Kier molecular flexibility index (Phi) is 3.28. The van der Waals surface area contributed by atoms with E-state index in [1.807, 2.05) is 17.0 Å². The van der Waals surface area contributed by atoms with Crippen LogP contribution in [0, 0.1) is 0 Å². The fourth-order valence-electron chi connectivity index (χ4n) is 2.71. The van der Waals surface area contributed by atoms with Gasteiger partial charge in [-0.3, -0.25) is 0 Å². The molecule has 0 aromatic heterocycles. The Morgan fingerprint density at radius 3 is 2.89 bits per heavy atom. The third-order valence-corrected chi connectivity index (χ3v) is 3.96. The lowest BCUT2D eigenvalue weighted by molar-refractivity contribution is 0.209. The minimum atomic E-state index is 0.0185. The molecule has 1 aromatic rings. The van der Waals surface area contributed by atoms with Gasteiger partial charge in [0.1, 0.15) is 0 Å². The molecular weight excluding hydrogens is 236 g/mol. The number of nitrogens with one attached hydrogen (secondary N) is 1. The van der Waals surface area contributed by atoms with Crippen LogP contribution in [0.4, 0.5) is 10.5 Å². The van der Waals surface area contributed by atoms with Gasteiger partial charge in [0.2, 0.25) is 0 Å². The molecule has 0 spiro atoms. The molecule has 100 valence electrons. The lowest BCUT2D eigenvalue weighted by Gasteiger charge is -2.24. The maximum Gasteiger partial charge on any atom is 0.322 e. The average Bonchev–Trinajstić information content (AvgIpc) is 3.16. The summed E-state index contributed by atoms with van der Waals surface area (Å²) in [6.07, 6.45) is 7.65. The standard InChI is InChI=1S/C16H20N2O/c1-2-13-6-5-11-18(13)16(19)17-15-8-4-3-7-14(15)12-9-10-12/h3-8,12-13H,2,9-11H2,1H3,(H,17,19)/t13-/m0/s1. The molecule has 1 saturated carbocycles. The monoisotopic (exact) mass is 256 g/mol. The van der Waals surface area contributed by atoms with Crippen LogP contribution in [-0.2, 0) is 0 Å². The summed E-state index contributed by atoms with van der Waals surface area (Å²) in [6, 6.07) is 8.44. The number of urea groups is 1. The molecule has 2 aliphatic rings. The lowest BCUT2D eigenvalue weighted by atomic mass is 10.1. The number of carbonyl (C=O) groups excluding carboxylic acids is 1. The van der Waals surface area contributed by atoms with Crippen LogP contribution in [0.3, 0.4) is 0 Å². The quantitative estimate of drug-likeness (QED) is 0.821. The second kappa shape index (κ2) is 5.08. The van der Waals surface area contributed by atoms with Gasteiger partial charge in [-0.15, -0.1) is 0 Å². The second-order valence-corrected chi connectivity index (χ2v) is 5.35. The number of hydrogen-bond acceptors (Lipinski definition) is 1. The largest absolute Gasteiger partial charge is 0.322 e. The molecule has 1 atom stereocenters. The van der Waals surface area contributed by atoms with Crippen molar-refractivity contribution in [2.24, 2.45) is 0 Å². The summed E-state index contributed by atoms with van der Waals surface area (Å²) in [5, 5.41) is 3.09. The molecule has 0 unspecified atom stereocenters. The molecule has 1 N–H and O–H groups in total. The second-order valence-electron chi connectivity index (χ2n) is 5.35. The van der Waals surface area contributed by atoms with Crippen LogP contribution in [0.1, 0.15) is 37.7 Å². The van der Waals surface area contributed by atoms with Crippen molar-refractivity contribution in [3.63, 3.8) is 0 Å². The fourth-order valence-corrected chi connectivity index (χ4v) is 2.71. The zero-order chi connectivity index (χ0) is 13.2. The molecular formula is C16H20N2O. The molecule has 2 amide bonds. The van der Waals surface area contributed by atoms with Crippen LogP contribution >= 0.6 is 0 Å². The number of amides is 2. The first-order chi connectivity index (χ1) is 9.29. The predicted molar refractivity (Wildman–Crippen MR) is 77.4 cm³/mol. The molecule has 0 bridgehead atoms. The van der Waals surface area contributed by atoms with Gasteiger partial charge in [-0.25, -0.2) is 4.79 Å². The first-order valence-corrected chi connectivity index (χ1v) is 7.12. The van der Waals surface area contributed by atoms with Gasteiger partial charge in [0.15, 0.2) is 0 Å². The number of rotatable bonds is 3. The zero-order valence-corrected chi connectivity index (χ0v) is 11.3. The van der Waals surface area contributed by atoms with E-state index in [9.17, 15) is 4.79 Å². The van der Waals surface area contributed by atoms with Crippen molar-refractivity contribution in [2.75, 3.05) is 11.9 Å². The Balaban J connectivity index is 1.73.